The molecule has 1 atom stereocenters. The van der Waals surface area contributed by atoms with Crippen LogP contribution in [-0.4, -0.2) is 51.2 Å². The molecule has 1 saturated carbocycles. The van der Waals surface area contributed by atoms with Gasteiger partial charge in [-0.1, -0.05) is 6.42 Å². The molecule has 0 spiro atoms. The minimum absolute atomic E-state index is 0.0373. The highest BCUT2D eigenvalue weighted by Gasteiger charge is 2.36. The minimum Gasteiger partial charge on any atom is -0.339 e. The smallest absolute Gasteiger partial charge is 0.257 e. The summed E-state index contributed by atoms with van der Waals surface area (Å²) in [6.45, 7) is 4.35. The van der Waals surface area contributed by atoms with Crippen molar-refractivity contribution in [1.29, 1.82) is 0 Å². The number of rotatable bonds is 3. The first-order valence-electron chi connectivity index (χ1n) is 10.6. The van der Waals surface area contributed by atoms with Crippen molar-refractivity contribution >= 4 is 11.8 Å². The zero-order valence-electron chi connectivity index (χ0n) is 16.3. The third-order valence-corrected chi connectivity index (χ3v) is 6.41. The van der Waals surface area contributed by atoms with Crippen LogP contribution in [0.3, 0.4) is 0 Å². The van der Waals surface area contributed by atoms with Gasteiger partial charge in [-0.05, 0) is 58.3 Å². The first-order valence-corrected chi connectivity index (χ1v) is 10.6. The Morgan fingerprint density at radius 1 is 0.963 bits per heavy atom. The van der Waals surface area contributed by atoms with Gasteiger partial charge in [0.25, 0.3) is 5.91 Å². The minimum atomic E-state index is -0.0373. The van der Waals surface area contributed by atoms with Crippen LogP contribution in [0.5, 0.6) is 0 Å². The molecule has 1 aromatic heterocycles. The molecule has 146 valence electrons. The summed E-state index contributed by atoms with van der Waals surface area (Å²) in [6, 6.07) is -0.0373. The van der Waals surface area contributed by atoms with Crippen molar-refractivity contribution in [1.82, 2.24) is 19.8 Å². The highest BCUT2D eigenvalue weighted by atomic mass is 16.2. The summed E-state index contributed by atoms with van der Waals surface area (Å²) in [5.74, 6) is 1.23. The molecule has 1 aliphatic carbocycles. The molecule has 0 N–H and O–H groups in total. The largest absolute Gasteiger partial charge is 0.339 e. The van der Waals surface area contributed by atoms with Crippen molar-refractivity contribution in [2.75, 3.05) is 19.6 Å². The Morgan fingerprint density at radius 3 is 2.37 bits per heavy atom. The first kappa shape index (κ1) is 18.4. The Bertz CT molecular complexity index is 710. The Kier molecular flexibility index (Phi) is 5.41. The van der Waals surface area contributed by atoms with Gasteiger partial charge in [0.1, 0.15) is 0 Å². The van der Waals surface area contributed by atoms with Gasteiger partial charge in [0.15, 0.2) is 5.82 Å². The fraction of sp³-hybridized carbons (Fsp3) is 0.714. The lowest BCUT2D eigenvalue weighted by molar-refractivity contribution is -0.142. The Hall–Kier alpha value is -1.98. The van der Waals surface area contributed by atoms with Crippen LogP contribution in [0.25, 0.3) is 0 Å². The number of hydrogen-bond acceptors (Lipinski definition) is 4. The second-order valence-electron chi connectivity index (χ2n) is 8.25. The fourth-order valence-corrected chi connectivity index (χ4v) is 4.48. The number of nitrogens with zero attached hydrogens (tertiary/aromatic N) is 4. The third kappa shape index (κ3) is 3.71. The number of hydrogen-bond donors (Lipinski definition) is 0. The van der Waals surface area contributed by atoms with Gasteiger partial charge in [0.2, 0.25) is 5.91 Å². The number of amides is 2. The average Bonchev–Trinajstić information content (AvgIpc) is 2.66. The van der Waals surface area contributed by atoms with Crippen molar-refractivity contribution in [3.05, 3.63) is 23.3 Å². The summed E-state index contributed by atoms with van der Waals surface area (Å²) in [5.41, 5.74) is 1.34. The third-order valence-electron chi connectivity index (χ3n) is 6.41. The van der Waals surface area contributed by atoms with Crippen molar-refractivity contribution in [2.24, 2.45) is 5.92 Å². The SMILES string of the molecule is Cc1nc([C@H]2CCCCN2C(=O)C2CCC2)ncc1C(=O)N1CCCCC1. The maximum atomic E-state index is 12.8. The molecule has 6 nitrogen and oxygen atoms in total. The van der Waals surface area contributed by atoms with Crippen LogP contribution in [0.4, 0.5) is 0 Å². The Balaban J connectivity index is 1.53. The number of aromatic nitrogens is 2. The van der Waals surface area contributed by atoms with Gasteiger partial charge in [-0.25, -0.2) is 9.97 Å². The van der Waals surface area contributed by atoms with Gasteiger partial charge in [-0.2, -0.15) is 0 Å². The summed E-state index contributed by atoms with van der Waals surface area (Å²) < 4.78 is 0. The van der Waals surface area contributed by atoms with E-state index < -0.39 is 0 Å². The van der Waals surface area contributed by atoms with Crippen molar-refractivity contribution in [2.45, 2.75) is 70.8 Å². The molecule has 1 aromatic rings. The zero-order valence-corrected chi connectivity index (χ0v) is 16.3. The molecule has 0 unspecified atom stereocenters. The van der Waals surface area contributed by atoms with E-state index in [9.17, 15) is 9.59 Å². The molecule has 3 heterocycles. The quantitative estimate of drug-likeness (QED) is 0.819. The molecule has 3 fully saturated rings. The average molecular weight is 370 g/mol. The van der Waals surface area contributed by atoms with Gasteiger partial charge >= 0.3 is 0 Å². The Morgan fingerprint density at radius 2 is 1.70 bits per heavy atom. The highest BCUT2D eigenvalue weighted by Crippen LogP contribution is 2.35. The van der Waals surface area contributed by atoms with Crippen LogP contribution in [-0.2, 0) is 4.79 Å². The summed E-state index contributed by atoms with van der Waals surface area (Å²) in [7, 11) is 0. The zero-order chi connectivity index (χ0) is 18.8. The molecule has 4 rings (SSSR count). The monoisotopic (exact) mass is 370 g/mol. The molecule has 2 amide bonds. The summed E-state index contributed by atoms with van der Waals surface area (Å²) >= 11 is 0. The predicted molar refractivity (Wildman–Crippen MR) is 102 cm³/mol. The topological polar surface area (TPSA) is 66.4 Å². The molecule has 2 aliphatic heterocycles. The highest BCUT2D eigenvalue weighted by molar-refractivity contribution is 5.95. The second-order valence-corrected chi connectivity index (χ2v) is 8.25. The normalized spacial score (nSPS) is 23.8. The van der Waals surface area contributed by atoms with E-state index in [1.807, 2.05) is 16.7 Å². The first-order chi connectivity index (χ1) is 13.1. The standard InChI is InChI=1S/C21H30N4O2/c1-15-17(21(27)24-11-4-2-5-12-24)14-22-19(23-15)18-10-3-6-13-25(18)20(26)16-8-7-9-16/h14,16,18H,2-13H2,1H3/t18-/m1/s1. The molecular weight excluding hydrogens is 340 g/mol. The second kappa shape index (κ2) is 7.95. The van der Waals surface area contributed by atoms with Crippen LogP contribution in [0.15, 0.2) is 6.20 Å². The number of carbonyl (C=O) groups excluding carboxylic acids is 2. The molecule has 0 aromatic carbocycles. The summed E-state index contributed by atoms with van der Waals surface area (Å²) in [5, 5.41) is 0. The summed E-state index contributed by atoms with van der Waals surface area (Å²) in [6.07, 6.45) is 11.3. The number of piperidine rings is 2. The maximum absolute atomic E-state index is 12.8. The van der Waals surface area contributed by atoms with Crippen LogP contribution in [0.1, 0.15) is 85.7 Å². The predicted octanol–water partition coefficient (Wildman–Crippen LogP) is 3.26. The van der Waals surface area contributed by atoms with Crippen LogP contribution in [0.2, 0.25) is 0 Å². The maximum Gasteiger partial charge on any atom is 0.257 e. The molecular formula is C21H30N4O2. The van der Waals surface area contributed by atoms with Gasteiger partial charge in [0, 0.05) is 31.7 Å². The van der Waals surface area contributed by atoms with E-state index in [0.29, 0.717) is 11.4 Å². The molecule has 2 saturated heterocycles. The summed E-state index contributed by atoms with van der Waals surface area (Å²) in [4.78, 5) is 38.8. The van der Waals surface area contributed by atoms with Crippen molar-refractivity contribution in [3.8, 4) is 0 Å². The van der Waals surface area contributed by atoms with Crippen LogP contribution in [0, 0.1) is 12.8 Å². The van der Waals surface area contributed by atoms with Crippen molar-refractivity contribution < 1.29 is 9.59 Å². The van der Waals surface area contributed by atoms with E-state index in [4.69, 9.17) is 4.98 Å². The van der Waals surface area contributed by atoms with Crippen LogP contribution < -0.4 is 0 Å². The lowest BCUT2D eigenvalue weighted by atomic mass is 9.83. The van der Waals surface area contributed by atoms with E-state index in [1.54, 1.807) is 6.20 Å². The number of likely N-dealkylation sites (tertiary alicyclic amines) is 2. The fourth-order valence-electron chi connectivity index (χ4n) is 4.48. The van der Waals surface area contributed by atoms with Gasteiger partial charge < -0.3 is 9.80 Å². The van der Waals surface area contributed by atoms with Crippen LogP contribution >= 0.6 is 0 Å². The molecule has 0 radical (unpaired) electrons. The van der Waals surface area contributed by atoms with E-state index in [2.05, 4.69) is 4.98 Å². The number of aryl methyl sites for hydroxylation is 1. The lowest BCUT2D eigenvalue weighted by Gasteiger charge is -2.39. The Labute approximate surface area is 161 Å². The lowest BCUT2D eigenvalue weighted by Crippen LogP contribution is -2.44. The molecule has 6 heteroatoms. The van der Waals surface area contributed by atoms with Gasteiger partial charge in [-0.15, -0.1) is 0 Å². The molecule has 3 aliphatic rings. The van der Waals surface area contributed by atoms with E-state index in [0.717, 1.165) is 76.7 Å². The van der Waals surface area contributed by atoms with Gasteiger partial charge in [-0.3, -0.25) is 9.59 Å². The number of carbonyl (C=O) groups is 2. The molecule has 27 heavy (non-hydrogen) atoms. The molecule has 0 bridgehead atoms. The van der Waals surface area contributed by atoms with E-state index >= 15 is 0 Å². The van der Waals surface area contributed by atoms with E-state index in [-0.39, 0.29) is 23.8 Å². The van der Waals surface area contributed by atoms with Gasteiger partial charge in [0.05, 0.1) is 17.3 Å². The van der Waals surface area contributed by atoms with Crippen molar-refractivity contribution in [3.63, 3.8) is 0 Å². The van der Waals surface area contributed by atoms with E-state index in [1.165, 1.54) is 6.42 Å².